The van der Waals surface area contributed by atoms with Crippen LogP contribution < -0.4 is 0 Å². The van der Waals surface area contributed by atoms with Crippen LogP contribution in [0, 0.1) is 5.92 Å². The van der Waals surface area contributed by atoms with Gasteiger partial charge in [-0.3, -0.25) is 0 Å². The Labute approximate surface area is 502 Å². The number of rotatable bonds is 5. The lowest BCUT2D eigenvalue weighted by Crippen LogP contribution is -2.57. The van der Waals surface area contributed by atoms with Gasteiger partial charge in [-0.25, -0.2) is 0 Å². The Morgan fingerprint density at radius 1 is 0.156 bits per heavy atom. The third kappa shape index (κ3) is 2.21. The van der Waals surface area contributed by atoms with E-state index >= 15 is 0 Å². The molecule has 0 aromatic heterocycles. The maximum absolute atomic E-state index is 2.67. The summed E-state index contributed by atoms with van der Waals surface area (Å²) in [6.07, 6.45) is 0. The quantitative estimate of drug-likeness (QED) is 0.151. The van der Waals surface area contributed by atoms with Gasteiger partial charge in [-0.15, -0.1) is 0 Å². The summed E-state index contributed by atoms with van der Waals surface area (Å²) in [4.78, 5) is 0. The lowest BCUT2D eigenvalue weighted by Gasteiger charge is -2.60. The number of hydrogen-bond acceptors (Lipinski definition) is 0. The van der Waals surface area contributed by atoms with E-state index in [4.69, 9.17) is 0 Å². The largest absolute Gasteiger partial charge is 0.0724 e. The van der Waals surface area contributed by atoms with Crippen molar-refractivity contribution in [1.29, 1.82) is 0 Å². The maximum Gasteiger partial charge on any atom is 0.0724 e. The van der Waals surface area contributed by atoms with Gasteiger partial charge in [-0.2, -0.15) is 0 Å². The van der Waals surface area contributed by atoms with Crippen molar-refractivity contribution in [3.63, 3.8) is 0 Å². The monoisotopic (exact) mass is 1110 g/mol. The van der Waals surface area contributed by atoms with Crippen molar-refractivity contribution in [2.24, 2.45) is 5.92 Å². The molecular formula is C90H26. The Morgan fingerprint density at radius 3 is 0.556 bits per heavy atom. The summed E-state index contributed by atoms with van der Waals surface area (Å²) in [5.74, 6) is -0.0258. The van der Waals surface area contributed by atoms with Gasteiger partial charge in [0.25, 0.3) is 0 Å². The molecule has 0 saturated carbocycles. The van der Waals surface area contributed by atoms with Crippen LogP contribution in [0.25, 0.3) is 215 Å². The Bertz CT molecular complexity index is 7960. The van der Waals surface area contributed by atoms with Gasteiger partial charge in [0.05, 0.1) is 27.1 Å². The molecule has 26 aromatic carbocycles. The zero-order valence-corrected chi connectivity index (χ0v) is 47.0. The van der Waals surface area contributed by atoms with Crippen LogP contribution in [-0.4, -0.2) is 0 Å². The lowest BCUT2D eigenvalue weighted by molar-refractivity contribution is 0.369. The second kappa shape index (κ2) is 9.24. The van der Waals surface area contributed by atoms with Crippen LogP contribution in [0.4, 0.5) is 0 Å². The molecule has 4 unspecified atom stereocenters. The van der Waals surface area contributed by atoms with E-state index in [2.05, 4.69) is 152 Å². The summed E-state index contributed by atoms with van der Waals surface area (Å²) in [5, 5.41) is 65.2. The molecule has 0 radical (unpaired) electrons. The molecule has 11 aliphatic carbocycles. The van der Waals surface area contributed by atoms with E-state index in [9.17, 15) is 0 Å². The molecule has 0 aliphatic heterocycles. The van der Waals surface area contributed by atoms with Gasteiger partial charge in [0.1, 0.15) is 0 Å². The smallest absolute Gasteiger partial charge is 0.0622 e. The van der Waals surface area contributed by atoms with Crippen molar-refractivity contribution < 1.29 is 0 Å². The molecule has 0 heteroatoms. The van der Waals surface area contributed by atoms with Crippen molar-refractivity contribution >= 4 is 215 Å². The van der Waals surface area contributed by atoms with Crippen molar-refractivity contribution in [2.45, 2.75) is 27.1 Å². The number of hydrogen-bond donors (Lipinski definition) is 0. The van der Waals surface area contributed by atoms with Crippen molar-refractivity contribution in [2.75, 3.05) is 0 Å². The van der Waals surface area contributed by atoms with Crippen LogP contribution in [0.1, 0.15) is 83.5 Å². The fourth-order valence-corrected chi connectivity index (χ4v) is 30.4. The Kier molecular flexibility index (Phi) is 3.80. The standard InChI is InChI=1S/C90H26/c1-6-16-26(17-7-1)86-71-61-51-41-36-31-32-34-35-33(31)38-45-43(36)53(51)63-65-55(45)57-47(38)49-40(35)50-48-39(34)46-44-37(32)42(41)52-54(44)64-66-56(46)58(48)68-70-60(50)59(49)69-67(57)77-75(65)87(73(63)71,27-18-8-2-9-19-27)82-81(86)83-85-84(82)89(77,29-22-12-4-13-23-29)79(69)80(70)90(85,30-24-14-5-15-25-30)78(68)76(66)88(83,28-20-10-3-11-21-28)74(64)72(86)62(52)61/h1-25,81H. The molecule has 0 spiro atoms. The first kappa shape index (κ1) is 37.0. The van der Waals surface area contributed by atoms with Gasteiger partial charge in [0.2, 0.25) is 0 Å². The highest BCUT2D eigenvalue weighted by Crippen LogP contribution is 2.93. The minimum atomic E-state index is -0.627. The summed E-state index contributed by atoms with van der Waals surface area (Å²) in [7, 11) is 0. The zero-order chi connectivity index (χ0) is 54.8. The molecule has 0 saturated heterocycles. The molecule has 0 fully saturated rings. The van der Waals surface area contributed by atoms with Gasteiger partial charge < -0.3 is 0 Å². The van der Waals surface area contributed by atoms with E-state index in [1.807, 2.05) is 0 Å². The fraction of sp³-hybridized carbons (Fsp3) is 0.0667. The second-order valence-electron chi connectivity index (χ2n) is 31.4. The SMILES string of the molecule is c1ccc(C23C4=C5C6C7=C4C4(c8ccccc8)c8c2c2c9c3c3c%10c%11c(c%12c%13c%14c(c%15c%16c%17c(c4c4c8c8c2c2c%18c9c%10c9c%10c%11c%13c%11c%13c%14c%16c%14c%16c%17c4c4c8c2c2c(c%189)c(c%10%11)c(c%14%13)c2c4%16)C7%15c2ccccc2)C%126c2ccccc2)C53c2ccccc2)cc1. The molecule has 0 bridgehead atoms. The van der Waals surface area contributed by atoms with Gasteiger partial charge >= 0.3 is 0 Å². The average Bonchev–Trinajstić information content (AvgIpc) is 1.37. The first-order chi connectivity index (χ1) is 44.9. The minimum absolute atomic E-state index is 0.0258. The summed E-state index contributed by atoms with van der Waals surface area (Å²) >= 11 is 0. The van der Waals surface area contributed by atoms with E-state index < -0.39 is 27.1 Å². The fourth-order valence-electron chi connectivity index (χ4n) is 30.4. The third-order valence-corrected chi connectivity index (χ3v) is 30.7. The highest BCUT2D eigenvalue weighted by molar-refractivity contribution is 6.77. The maximum atomic E-state index is 2.67. The molecule has 90 heavy (non-hydrogen) atoms. The van der Waals surface area contributed by atoms with E-state index in [1.165, 1.54) is 27.8 Å². The van der Waals surface area contributed by atoms with Crippen LogP contribution in [0.3, 0.4) is 0 Å². The van der Waals surface area contributed by atoms with Gasteiger partial charge in [-0.1, -0.05) is 152 Å². The molecule has 4 atom stereocenters. The molecule has 386 valence electrons. The molecule has 0 nitrogen and oxygen atoms in total. The minimum Gasteiger partial charge on any atom is -0.0622 e. The van der Waals surface area contributed by atoms with Gasteiger partial charge in [0.15, 0.2) is 0 Å². The first-order valence-electron chi connectivity index (χ1n) is 33.4. The zero-order valence-electron chi connectivity index (χ0n) is 47.0. The van der Waals surface area contributed by atoms with Crippen LogP contribution >= 0.6 is 0 Å². The summed E-state index contributed by atoms with van der Waals surface area (Å²) in [6, 6.07) is 62.8. The molecule has 0 heterocycles. The molecule has 0 N–H and O–H groups in total. The number of benzene rings is 20. The number of allylic oxidation sites excluding steroid dienone is 4. The van der Waals surface area contributed by atoms with Gasteiger partial charge in [0, 0.05) is 5.92 Å². The van der Waals surface area contributed by atoms with Crippen LogP contribution in [0.15, 0.2) is 174 Å². The Hall–Kier alpha value is -10.9. The lowest BCUT2D eigenvalue weighted by atomic mass is 9.40. The topological polar surface area (TPSA) is 0 Å². The third-order valence-electron chi connectivity index (χ3n) is 30.7. The average molecular weight is 1110 g/mol. The molecule has 11 aliphatic rings. The first-order valence-corrected chi connectivity index (χ1v) is 33.4. The normalized spacial score (nSPS) is 26.7. The molecule has 0 amide bonds. The van der Waals surface area contributed by atoms with Crippen LogP contribution in [0.5, 0.6) is 0 Å². The summed E-state index contributed by atoms with van der Waals surface area (Å²) in [6.45, 7) is 0. The van der Waals surface area contributed by atoms with E-state index in [0.717, 1.165) is 0 Å². The van der Waals surface area contributed by atoms with E-state index in [0.29, 0.717) is 0 Å². The van der Waals surface area contributed by atoms with Crippen LogP contribution in [0.2, 0.25) is 0 Å². The van der Waals surface area contributed by atoms with Crippen LogP contribution in [-0.2, 0) is 27.1 Å². The highest BCUT2D eigenvalue weighted by Gasteiger charge is 2.83. The second-order valence-corrected chi connectivity index (χ2v) is 31.4. The van der Waals surface area contributed by atoms with Crippen molar-refractivity contribution in [1.82, 2.24) is 0 Å². The Balaban J connectivity index is 1.07. The van der Waals surface area contributed by atoms with Crippen molar-refractivity contribution in [3.8, 4) is 0 Å². The summed E-state index contributed by atoms with van der Waals surface area (Å²) < 4.78 is 0. The van der Waals surface area contributed by atoms with Gasteiger partial charge in [-0.05, 0) is 321 Å². The van der Waals surface area contributed by atoms with Crippen molar-refractivity contribution in [3.05, 3.63) is 257 Å². The predicted molar refractivity (Wildman–Crippen MR) is 367 cm³/mol. The van der Waals surface area contributed by atoms with E-state index in [1.54, 1.807) is 293 Å². The highest BCUT2D eigenvalue weighted by atomic mass is 14.8. The molecule has 26 aromatic rings. The molecule has 37 rings (SSSR count). The molecular weight excluding hydrogens is 1080 g/mol. The summed E-state index contributed by atoms with van der Waals surface area (Å²) in [5.41, 5.74) is 28.0. The predicted octanol–water partition coefficient (Wildman–Crippen LogP) is 21.1. The van der Waals surface area contributed by atoms with E-state index in [-0.39, 0.29) is 5.92 Å². The Morgan fingerprint density at radius 2 is 0.322 bits per heavy atom.